The minimum absolute atomic E-state index is 0.349. The van der Waals surface area contributed by atoms with E-state index in [4.69, 9.17) is 11.2 Å². The first kappa shape index (κ1) is 10.1. The van der Waals surface area contributed by atoms with E-state index in [-0.39, 0.29) is 0 Å². The first-order valence-electron chi connectivity index (χ1n) is 5.32. The molecule has 2 saturated carbocycles. The van der Waals surface area contributed by atoms with E-state index in [1.807, 2.05) is 0 Å². The SMILES string of the molecule is CC1CCC1P(=O)(Cl)C1CCC1C. The summed E-state index contributed by atoms with van der Waals surface area (Å²) < 4.78 is 12.4. The van der Waals surface area contributed by atoms with Crippen LogP contribution in [0.2, 0.25) is 0 Å². The molecule has 2 aliphatic rings. The van der Waals surface area contributed by atoms with Crippen LogP contribution in [-0.4, -0.2) is 11.3 Å². The summed E-state index contributed by atoms with van der Waals surface area (Å²) in [6, 6.07) is 0. The van der Waals surface area contributed by atoms with E-state index in [1.165, 1.54) is 12.8 Å². The molecular formula is C10H18ClOP. The van der Waals surface area contributed by atoms with Crippen molar-refractivity contribution in [2.75, 3.05) is 0 Å². The van der Waals surface area contributed by atoms with Gasteiger partial charge >= 0.3 is 0 Å². The molecule has 0 heterocycles. The van der Waals surface area contributed by atoms with Crippen molar-refractivity contribution in [3.63, 3.8) is 0 Å². The lowest BCUT2D eigenvalue weighted by Crippen LogP contribution is -2.37. The van der Waals surface area contributed by atoms with Crippen molar-refractivity contribution in [1.82, 2.24) is 0 Å². The van der Waals surface area contributed by atoms with E-state index in [0.717, 1.165) is 12.8 Å². The van der Waals surface area contributed by atoms with Crippen LogP contribution >= 0.6 is 17.7 Å². The highest BCUT2D eigenvalue weighted by atomic mass is 35.7. The summed E-state index contributed by atoms with van der Waals surface area (Å²) in [4.78, 5) is 0. The summed E-state index contributed by atoms with van der Waals surface area (Å²) in [6.07, 6.45) is 4.65. The number of halogens is 1. The molecule has 0 bridgehead atoms. The molecule has 4 unspecified atom stereocenters. The standard InChI is InChI=1S/C10H18ClOP/c1-7-3-5-9(7)13(11,12)10-6-4-8(10)2/h7-10H,3-6H2,1-2H3. The van der Waals surface area contributed by atoms with Crippen molar-refractivity contribution in [2.24, 2.45) is 11.8 Å². The lowest BCUT2D eigenvalue weighted by atomic mass is 9.86. The molecule has 2 fully saturated rings. The molecule has 0 spiro atoms. The molecule has 13 heavy (non-hydrogen) atoms. The van der Waals surface area contributed by atoms with Crippen LogP contribution in [0.5, 0.6) is 0 Å². The van der Waals surface area contributed by atoms with Crippen LogP contribution in [-0.2, 0) is 4.57 Å². The summed E-state index contributed by atoms with van der Waals surface area (Å²) in [5, 5.41) is 0. The quantitative estimate of drug-likeness (QED) is 0.641. The van der Waals surface area contributed by atoms with Crippen molar-refractivity contribution in [3.05, 3.63) is 0 Å². The fourth-order valence-corrected chi connectivity index (χ4v) is 7.51. The van der Waals surface area contributed by atoms with Gasteiger partial charge in [0.1, 0.15) is 0 Å². The average Bonchev–Trinajstić information content (AvgIpc) is 1.96. The van der Waals surface area contributed by atoms with Crippen molar-refractivity contribution in [3.8, 4) is 0 Å². The molecule has 0 aliphatic heterocycles. The van der Waals surface area contributed by atoms with Gasteiger partial charge in [0.2, 0.25) is 0 Å². The molecule has 0 aromatic carbocycles. The zero-order valence-corrected chi connectivity index (χ0v) is 10.0. The third-order valence-electron chi connectivity index (χ3n) is 4.05. The zero-order valence-electron chi connectivity index (χ0n) is 8.37. The van der Waals surface area contributed by atoms with Crippen molar-refractivity contribution in [2.45, 2.75) is 50.8 Å². The summed E-state index contributed by atoms with van der Waals surface area (Å²) in [5.74, 6) is 1.22. The summed E-state index contributed by atoms with van der Waals surface area (Å²) in [7, 11) is 0. The fourth-order valence-electron chi connectivity index (χ4n) is 2.59. The zero-order chi connectivity index (χ0) is 9.64. The van der Waals surface area contributed by atoms with Gasteiger partial charge in [-0.2, -0.15) is 0 Å². The van der Waals surface area contributed by atoms with E-state index >= 15 is 0 Å². The average molecular weight is 221 g/mol. The number of hydrogen-bond acceptors (Lipinski definition) is 1. The molecule has 76 valence electrons. The van der Waals surface area contributed by atoms with Crippen LogP contribution in [0.3, 0.4) is 0 Å². The highest BCUT2D eigenvalue weighted by Crippen LogP contribution is 2.71. The minimum Gasteiger partial charge on any atom is -0.306 e. The highest BCUT2D eigenvalue weighted by molar-refractivity contribution is 7.90. The van der Waals surface area contributed by atoms with Gasteiger partial charge in [-0.1, -0.05) is 25.1 Å². The predicted octanol–water partition coefficient (Wildman–Crippen LogP) is 4.10. The summed E-state index contributed by atoms with van der Waals surface area (Å²) >= 11 is 6.29. The Bertz CT molecular complexity index is 231. The first-order valence-corrected chi connectivity index (χ1v) is 8.07. The Kier molecular flexibility index (Phi) is 2.53. The third kappa shape index (κ3) is 1.49. The van der Waals surface area contributed by atoms with E-state index in [1.54, 1.807) is 0 Å². The van der Waals surface area contributed by atoms with Crippen molar-refractivity contribution < 1.29 is 4.57 Å². The fraction of sp³-hybridized carbons (Fsp3) is 1.00. The van der Waals surface area contributed by atoms with Gasteiger partial charge in [0.05, 0.1) is 0 Å². The maximum Gasteiger partial charge on any atom is 0.175 e. The topological polar surface area (TPSA) is 17.1 Å². The number of hydrogen-bond donors (Lipinski definition) is 0. The Morgan fingerprint density at radius 3 is 1.54 bits per heavy atom. The lowest BCUT2D eigenvalue weighted by molar-refractivity contribution is 0.310. The maximum absolute atomic E-state index is 12.4. The Labute approximate surface area is 85.4 Å². The van der Waals surface area contributed by atoms with E-state index in [2.05, 4.69) is 13.8 Å². The Balaban J connectivity index is 2.06. The third-order valence-corrected chi connectivity index (χ3v) is 8.90. The van der Waals surface area contributed by atoms with Gasteiger partial charge in [0, 0.05) is 11.3 Å². The monoisotopic (exact) mass is 220 g/mol. The molecule has 0 N–H and O–H groups in total. The van der Waals surface area contributed by atoms with E-state index in [9.17, 15) is 4.57 Å². The first-order chi connectivity index (χ1) is 6.03. The number of rotatable bonds is 2. The van der Waals surface area contributed by atoms with Gasteiger partial charge < -0.3 is 4.57 Å². The van der Waals surface area contributed by atoms with Crippen molar-refractivity contribution in [1.29, 1.82) is 0 Å². The smallest absolute Gasteiger partial charge is 0.175 e. The second-order valence-corrected chi connectivity index (χ2v) is 9.03. The van der Waals surface area contributed by atoms with E-state index < -0.39 is 6.49 Å². The normalized spacial score (nSPS) is 48.8. The van der Waals surface area contributed by atoms with Gasteiger partial charge in [0.15, 0.2) is 6.49 Å². The largest absolute Gasteiger partial charge is 0.306 e. The Morgan fingerprint density at radius 2 is 1.38 bits per heavy atom. The van der Waals surface area contributed by atoms with Gasteiger partial charge in [-0.25, -0.2) is 0 Å². The molecule has 0 radical (unpaired) electrons. The molecule has 3 heteroatoms. The molecule has 0 saturated heterocycles. The Hall–Kier alpha value is 0.520. The molecule has 0 aromatic heterocycles. The van der Waals surface area contributed by atoms with Gasteiger partial charge in [-0.05, 0) is 37.5 Å². The van der Waals surface area contributed by atoms with Crippen LogP contribution in [0.1, 0.15) is 39.5 Å². The minimum atomic E-state index is -2.34. The molecule has 1 nitrogen and oxygen atoms in total. The van der Waals surface area contributed by atoms with Crippen LogP contribution in [0.4, 0.5) is 0 Å². The molecular weight excluding hydrogens is 203 g/mol. The van der Waals surface area contributed by atoms with Crippen LogP contribution in [0, 0.1) is 11.8 Å². The summed E-state index contributed by atoms with van der Waals surface area (Å²) in [5.41, 5.74) is 0.698. The van der Waals surface area contributed by atoms with Gasteiger partial charge in [-0.3, -0.25) is 0 Å². The van der Waals surface area contributed by atoms with Crippen LogP contribution in [0.25, 0.3) is 0 Å². The van der Waals surface area contributed by atoms with Crippen molar-refractivity contribution >= 4 is 17.7 Å². The second kappa shape index (κ2) is 3.28. The molecule has 2 rings (SSSR count). The maximum atomic E-state index is 12.4. The van der Waals surface area contributed by atoms with Gasteiger partial charge in [0.25, 0.3) is 0 Å². The van der Waals surface area contributed by atoms with Gasteiger partial charge in [-0.15, -0.1) is 0 Å². The lowest BCUT2D eigenvalue weighted by Gasteiger charge is -2.45. The predicted molar refractivity (Wildman–Crippen MR) is 57.8 cm³/mol. The molecule has 2 aliphatic carbocycles. The Morgan fingerprint density at radius 1 is 1.00 bits per heavy atom. The van der Waals surface area contributed by atoms with Crippen LogP contribution < -0.4 is 0 Å². The van der Waals surface area contributed by atoms with Crippen LogP contribution in [0.15, 0.2) is 0 Å². The molecule has 0 aromatic rings. The molecule has 0 amide bonds. The highest BCUT2D eigenvalue weighted by Gasteiger charge is 2.50. The molecule has 4 atom stereocenters. The summed E-state index contributed by atoms with van der Waals surface area (Å²) in [6.45, 7) is 2.03. The van der Waals surface area contributed by atoms with E-state index in [0.29, 0.717) is 23.2 Å². The second-order valence-electron chi connectivity index (χ2n) is 4.87.